The first-order valence-corrected chi connectivity index (χ1v) is 4.94. The molecule has 0 unspecified atom stereocenters. The standard InChI is InChI=1S/C10H11NOS/c12-10-9-4-2-1-3-8(9)7-11(10)5-6-13/h1-4,13H,5-7H2. The Morgan fingerprint density at radius 1 is 1.38 bits per heavy atom. The molecule has 1 aliphatic rings. The van der Waals surface area contributed by atoms with Crippen LogP contribution in [0.3, 0.4) is 0 Å². The zero-order chi connectivity index (χ0) is 9.26. The molecule has 0 saturated heterocycles. The molecule has 2 nitrogen and oxygen atoms in total. The maximum atomic E-state index is 11.7. The van der Waals surface area contributed by atoms with Gasteiger partial charge in [-0.05, 0) is 11.6 Å². The first-order valence-electron chi connectivity index (χ1n) is 4.31. The lowest BCUT2D eigenvalue weighted by Gasteiger charge is -2.12. The normalized spacial score (nSPS) is 14.8. The van der Waals surface area contributed by atoms with Gasteiger partial charge in [-0.25, -0.2) is 0 Å². The zero-order valence-electron chi connectivity index (χ0n) is 7.23. The van der Waals surface area contributed by atoms with Gasteiger partial charge in [-0.15, -0.1) is 0 Å². The van der Waals surface area contributed by atoms with Crippen LogP contribution >= 0.6 is 12.6 Å². The minimum absolute atomic E-state index is 0.143. The molecule has 0 aliphatic carbocycles. The molecule has 3 heteroatoms. The number of hydrogen-bond donors (Lipinski definition) is 1. The molecule has 1 aliphatic heterocycles. The zero-order valence-corrected chi connectivity index (χ0v) is 8.13. The number of carbonyl (C=O) groups excluding carboxylic acids is 1. The average molecular weight is 193 g/mol. The molecule has 68 valence electrons. The molecule has 13 heavy (non-hydrogen) atoms. The number of rotatable bonds is 2. The predicted octanol–water partition coefficient (Wildman–Crippen LogP) is 1.57. The van der Waals surface area contributed by atoms with Gasteiger partial charge in [-0.3, -0.25) is 4.79 Å². The van der Waals surface area contributed by atoms with Crippen molar-refractivity contribution in [2.45, 2.75) is 6.54 Å². The molecule has 0 N–H and O–H groups in total. The van der Waals surface area contributed by atoms with E-state index in [2.05, 4.69) is 12.6 Å². The number of nitrogens with zero attached hydrogens (tertiary/aromatic N) is 1. The smallest absolute Gasteiger partial charge is 0.254 e. The summed E-state index contributed by atoms with van der Waals surface area (Å²) < 4.78 is 0. The summed E-state index contributed by atoms with van der Waals surface area (Å²) in [5, 5.41) is 0. The quantitative estimate of drug-likeness (QED) is 0.707. The Bertz CT molecular complexity index is 337. The van der Waals surface area contributed by atoms with E-state index in [0.717, 1.165) is 30.0 Å². The fraction of sp³-hybridized carbons (Fsp3) is 0.300. The molecule has 0 aromatic heterocycles. The van der Waals surface area contributed by atoms with Crippen LogP contribution in [0.25, 0.3) is 0 Å². The molecule has 2 rings (SSSR count). The first kappa shape index (κ1) is 8.63. The van der Waals surface area contributed by atoms with Crippen LogP contribution in [-0.2, 0) is 6.54 Å². The summed E-state index contributed by atoms with van der Waals surface area (Å²) >= 11 is 4.12. The van der Waals surface area contributed by atoms with Crippen molar-refractivity contribution in [1.29, 1.82) is 0 Å². The van der Waals surface area contributed by atoms with Gasteiger partial charge in [0.2, 0.25) is 0 Å². The molecule has 0 radical (unpaired) electrons. The molecular weight excluding hydrogens is 182 g/mol. The number of fused-ring (bicyclic) bond motifs is 1. The second-order valence-corrected chi connectivity index (χ2v) is 3.55. The fourth-order valence-electron chi connectivity index (χ4n) is 1.62. The van der Waals surface area contributed by atoms with Crippen LogP contribution in [0.15, 0.2) is 24.3 Å². The summed E-state index contributed by atoms with van der Waals surface area (Å²) in [5.41, 5.74) is 1.98. The van der Waals surface area contributed by atoms with Gasteiger partial charge in [0.25, 0.3) is 5.91 Å². The van der Waals surface area contributed by atoms with Crippen molar-refractivity contribution in [1.82, 2.24) is 4.90 Å². The van der Waals surface area contributed by atoms with Crippen molar-refractivity contribution < 1.29 is 4.79 Å². The second-order valence-electron chi connectivity index (χ2n) is 3.11. The topological polar surface area (TPSA) is 20.3 Å². The highest BCUT2D eigenvalue weighted by Crippen LogP contribution is 2.21. The van der Waals surface area contributed by atoms with E-state index in [9.17, 15) is 4.79 Å². The van der Waals surface area contributed by atoms with Gasteiger partial charge in [0.1, 0.15) is 0 Å². The Balaban J connectivity index is 2.28. The molecule has 0 spiro atoms. The van der Waals surface area contributed by atoms with Crippen LogP contribution in [0.5, 0.6) is 0 Å². The molecule has 1 aromatic carbocycles. The van der Waals surface area contributed by atoms with Crippen molar-refractivity contribution in [2.24, 2.45) is 0 Å². The van der Waals surface area contributed by atoms with Crippen molar-refractivity contribution in [3.63, 3.8) is 0 Å². The van der Waals surface area contributed by atoms with E-state index in [1.807, 2.05) is 29.2 Å². The molecule has 0 fully saturated rings. The van der Waals surface area contributed by atoms with Gasteiger partial charge < -0.3 is 4.90 Å². The maximum absolute atomic E-state index is 11.7. The monoisotopic (exact) mass is 193 g/mol. The van der Waals surface area contributed by atoms with E-state index < -0.39 is 0 Å². The predicted molar refractivity (Wildman–Crippen MR) is 55.0 cm³/mol. The first-order chi connectivity index (χ1) is 6.33. The average Bonchev–Trinajstić information content (AvgIpc) is 2.46. The van der Waals surface area contributed by atoms with Gasteiger partial charge in [-0.2, -0.15) is 12.6 Å². The van der Waals surface area contributed by atoms with Crippen molar-refractivity contribution in [3.05, 3.63) is 35.4 Å². The van der Waals surface area contributed by atoms with Gasteiger partial charge >= 0.3 is 0 Å². The second kappa shape index (κ2) is 3.42. The number of hydrogen-bond acceptors (Lipinski definition) is 2. The third-order valence-corrected chi connectivity index (χ3v) is 2.47. The summed E-state index contributed by atoms with van der Waals surface area (Å²) in [6, 6.07) is 7.76. The van der Waals surface area contributed by atoms with Crippen LogP contribution in [0.4, 0.5) is 0 Å². The molecule has 1 amide bonds. The Labute approximate surface area is 83.0 Å². The summed E-state index contributed by atoms with van der Waals surface area (Å²) in [4.78, 5) is 13.5. The number of thiol groups is 1. The molecule has 0 bridgehead atoms. The van der Waals surface area contributed by atoms with E-state index in [1.165, 1.54) is 0 Å². The maximum Gasteiger partial charge on any atom is 0.254 e. The molecule has 1 heterocycles. The van der Waals surface area contributed by atoms with Crippen molar-refractivity contribution >= 4 is 18.5 Å². The van der Waals surface area contributed by atoms with Crippen LogP contribution < -0.4 is 0 Å². The van der Waals surface area contributed by atoms with Crippen molar-refractivity contribution in [2.75, 3.05) is 12.3 Å². The molecule has 0 atom stereocenters. The van der Waals surface area contributed by atoms with E-state index >= 15 is 0 Å². The minimum atomic E-state index is 0.143. The van der Waals surface area contributed by atoms with Gasteiger partial charge in [0, 0.05) is 24.4 Å². The highest BCUT2D eigenvalue weighted by molar-refractivity contribution is 7.80. The fourth-order valence-corrected chi connectivity index (χ4v) is 1.86. The van der Waals surface area contributed by atoms with E-state index in [0.29, 0.717) is 0 Å². The lowest BCUT2D eigenvalue weighted by molar-refractivity contribution is 0.0789. The van der Waals surface area contributed by atoms with Crippen molar-refractivity contribution in [3.8, 4) is 0 Å². The van der Waals surface area contributed by atoms with Crippen LogP contribution in [0, 0.1) is 0 Å². The lowest BCUT2D eigenvalue weighted by atomic mass is 10.1. The molecule has 1 aromatic rings. The summed E-state index contributed by atoms with van der Waals surface area (Å²) in [6.45, 7) is 1.48. The number of carbonyl (C=O) groups is 1. The van der Waals surface area contributed by atoms with Gasteiger partial charge in [0.05, 0.1) is 0 Å². The summed E-state index contributed by atoms with van der Waals surface area (Å²) in [5.74, 6) is 0.865. The van der Waals surface area contributed by atoms with Crippen LogP contribution in [0.1, 0.15) is 15.9 Å². The molecular formula is C10H11NOS. The van der Waals surface area contributed by atoms with Gasteiger partial charge in [0.15, 0.2) is 0 Å². The Kier molecular flexibility index (Phi) is 2.27. The highest BCUT2D eigenvalue weighted by atomic mass is 32.1. The molecule has 0 saturated carbocycles. The van der Waals surface area contributed by atoms with E-state index in [-0.39, 0.29) is 5.91 Å². The number of amides is 1. The lowest BCUT2D eigenvalue weighted by Crippen LogP contribution is -2.25. The highest BCUT2D eigenvalue weighted by Gasteiger charge is 2.25. The minimum Gasteiger partial charge on any atom is -0.333 e. The summed E-state index contributed by atoms with van der Waals surface area (Å²) in [7, 11) is 0. The number of benzene rings is 1. The Hall–Kier alpha value is -0.960. The van der Waals surface area contributed by atoms with Gasteiger partial charge in [-0.1, -0.05) is 18.2 Å². The van der Waals surface area contributed by atoms with Crippen LogP contribution in [-0.4, -0.2) is 23.1 Å². The SMILES string of the molecule is O=C1c2ccccc2CN1CCS. The Morgan fingerprint density at radius 2 is 2.15 bits per heavy atom. The van der Waals surface area contributed by atoms with E-state index in [4.69, 9.17) is 0 Å². The van der Waals surface area contributed by atoms with E-state index in [1.54, 1.807) is 0 Å². The summed E-state index contributed by atoms with van der Waals surface area (Å²) in [6.07, 6.45) is 0. The largest absolute Gasteiger partial charge is 0.333 e. The Morgan fingerprint density at radius 3 is 2.85 bits per heavy atom. The third-order valence-electron chi connectivity index (χ3n) is 2.27. The third kappa shape index (κ3) is 1.44. The van der Waals surface area contributed by atoms with Crippen LogP contribution in [0.2, 0.25) is 0 Å².